The summed E-state index contributed by atoms with van der Waals surface area (Å²) in [5.41, 5.74) is 1.81. The first-order chi connectivity index (χ1) is 6.92. The molecule has 0 aliphatic heterocycles. The van der Waals surface area contributed by atoms with Crippen molar-refractivity contribution in [3.8, 4) is 11.3 Å². The predicted octanol–water partition coefficient (Wildman–Crippen LogP) is 1.96. The van der Waals surface area contributed by atoms with Gasteiger partial charge in [-0.2, -0.15) is 0 Å². The maximum atomic E-state index is 12.8. The van der Waals surface area contributed by atoms with E-state index >= 15 is 0 Å². The van der Waals surface area contributed by atoms with E-state index in [0.29, 0.717) is 0 Å². The molecule has 0 radical (unpaired) electrons. The molecule has 0 atom stereocenters. The topological polar surface area (TPSA) is 12.9 Å². The Balaban J connectivity index is 2.51. The van der Waals surface area contributed by atoms with Crippen molar-refractivity contribution in [1.29, 1.82) is 0 Å². The van der Waals surface area contributed by atoms with Gasteiger partial charge in [0.1, 0.15) is 0 Å². The average molecular weight is 382 g/mol. The summed E-state index contributed by atoms with van der Waals surface area (Å²) in [4.78, 5) is 4.22. The molecular formula is C11H8FNPo. The van der Waals surface area contributed by atoms with Crippen LogP contribution in [0.1, 0.15) is 0 Å². The summed E-state index contributed by atoms with van der Waals surface area (Å²) >= 11 is -1.86. The van der Waals surface area contributed by atoms with Crippen molar-refractivity contribution in [2.24, 2.45) is 0 Å². The summed E-state index contributed by atoms with van der Waals surface area (Å²) in [6.45, 7) is 0. The van der Waals surface area contributed by atoms with E-state index in [2.05, 4.69) is 4.98 Å². The number of halogens is 1. The van der Waals surface area contributed by atoms with Crippen LogP contribution in [0.3, 0.4) is 0 Å². The average Bonchev–Trinajstić information content (AvgIpc) is 2.30. The number of pyridine rings is 1. The number of benzene rings is 1. The molecule has 70 valence electrons. The molecule has 1 heterocycles. The monoisotopic (exact) mass is 382 g/mol. The Morgan fingerprint density at radius 1 is 1.00 bits per heavy atom. The van der Waals surface area contributed by atoms with Gasteiger partial charge in [-0.1, -0.05) is 0 Å². The van der Waals surface area contributed by atoms with Gasteiger partial charge in [-0.3, -0.25) is 0 Å². The summed E-state index contributed by atoms with van der Waals surface area (Å²) in [7, 11) is 0. The van der Waals surface area contributed by atoms with Crippen LogP contribution in [0.25, 0.3) is 11.3 Å². The molecule has 1 nitrogen and oxygen atoms in total. The van der Waals surface area contributed by atoms with Crippen molar-refractivity contribution in [2.75, 3.05) is 0 Å². The Hall–Kier alpha value is -0.804. The third kappa shape index (κ3) is 1.99. The zero-order chi connectivity index (χ0) is 9.80. The van der Waals surface area contributed by atoms with E-state index in [0.717, 1.165) is 14.5 Å². The van der Waals surface area contributed by atoms with Crippen LogP contribution in [-0.2, 0) is 0 Å². The summed E-state index contributed by atoms with van der Waals surface area (Å²) in [5.74, 6) is 0. The normalized spacial score (nSPS) is 10.1. The van der Waals surface area contributed by atoms with Gasteiger partial charge >= 0.3 is 94.9 Å². The van der Waals surface area contributed by atoms with Gasteiger partial charge < -0.3 is 0 Å². The summed E-state index contributed by atoms with van der Waals surface area (Å²) in [6, 6.07) is 13.3. The molecule has 0 N–H and O–H groups in total. The molecular weight excluding hydrogens is 374 g/mol. The van der Waals surface area contributed by atoms with Gasteiger partial charge in [0.25, 0.3) is 0 Å². The minimum absolute atomic E-state index is 0.853. The molecule has 3 heteroatoms. The number of hydrogen-bond acceptors (Lipinski definition) is 1. The molecule has 0 saturated carbocycles. The molecule has 0 aliphatic carbocycles. The second-order valence-electron chi connectivity index (χ2n) is 2.79. The van der Waals surface area contributed by atoms with Crippen LogP contribution in [0, 0.1) is 0 Å². The second-order valence-corrected chi connectivity index (χ2v) is 5.10. The Morgan fingerprint density at radius 3 is 2.50 bits per heavy atom. The quantitative estimate of drug-likeness (QED) is 0.774. The fourth-order valence-electron chi connectivity index (χ4n) is 1.27. The first kappa shape index (κ1) is 9.74. The van der Waals surface area contributed by atoms with E-state index in [1.165, 1.54) is 0 Å². The second kappa shape index (κ2) is 4.62. The molecule has 0 amide bonds. The van der Waals surface area contributed by atoms with Crippen LogP contribution in [-0.4, -0.2) is 29.2 Å². The first-order valence-corrected chi connectivity index (χ1v) is 6.99. The van der Waals surface area contributed by atoms with Crippen LogP contribution < -0.4 is 3.22 Å². The molecule has 0 unspecified atom stereocenters. The Kier molecular flexibility index (Phi) is 3.21. The van der Waals surface area contributed by atoms with E-state index in [9.17, 15) is 2.59 Å². The van der Waals surface area contributed by atoms with Crippen molar-refractivity contribution in [3.05, 3.63) is 48.7 Å². The zero-order valence-electron chi connectivity index (χ0n) is 7.35. The summed E-state index contributed by atoms with van der Waals surface area (Å²) in [5, 5.41) is 0. The third-order valence-electron chi connectivity index (χ3n) is 1.91. The van der Waals surface area contributed by atoms with Crippen LogP contribution >= 0.6 is 0 Å². The molecule has 14 heavy (non-hydrogen) atoms. The molecule has 1 aromatic heterocycles. The van der Waals surface area contributed by atoms with Crippen molar-refractivity contribution >= 4 is 27.4 Å². The Labute approximate surface area is 94.7 Å². The fourth-order valence-corrected chi connectivity index (χ4v) is 2.77. The standard InChI is InChI=1S/C11H8N.FH.Po/c1-2-6-10(7-3-1)11-8-4-5-9-12-11;;/h1-6,8-9H;1H;/q;;+1/p-1. The first-order valence-electron chi connectivity index (χ1n) is 4.21. The van der Waals surface area contributed by atoms with Gasteiger partial charge in [-0.15, -0.1) is 0 Å². The minimum atomic E-state index is -1.86. The molecule has 2 aromatic rings. The Morgan fingerprint density at radius 2 is 1.79 bits per heavy atom. The van der Waals surface area contributed by atoms with Crippen molar-refractivity contribution < 1.29 is 2.59 Å². The van der Waals surface area contributed by atoms with Crippen LogP contribution in [0.4, 0.5) is 2.59 Å². The third-order valence-corrected chi connectivity index (χ3v) is 3.94. The number of aromatic nitrogens is 1. The molecule has 0 bridgehead atoms. The SMILES string of the molecule is [F][Po][c]1ccccc1-c1ccccn1. The van der Waals surface area contributed by atoms with Crippen LogP contribution in [0.2, 0.25) is 0 Å². The zero-order valence-corrected chi connectivity index (χ0v) is 10.5. The van der Waals surface area contributed by atoms with E-state index < -0.39 is 24.2 Å². The van der Waals surface area contributed by atoms with Gasteiger partial charge in [-0.25, -0.2) is 0 Å². The summed E-state index contributed by atoms with van der Waals surface area (Å²) < 4.78 is 13.7. The van der Waals surface area contributed by atoms with Gasteiger partial charge in [0.05, 0.1) is 0 Å². The Bertz CT molecular complexity index is 417. The van der Waals surface area contributed by atoms with E-state index in [1.54, 1.807) is 6.20 Å². The maximum absolute atomic E-state index is 12.8. The molecule has 0 spiro atoms. The van der Waals surface area contributed by atoms with Gasteiger partial charge in [-0.05, 0) is 0 Å². The van der Waals surface area contributed by atoms with Crippen LogP contribution in [0.5, 0.6) is 0 Å². The van der Waals surface area contributed by atoms with Gasteiger partial charge in [0, 0.05) is 0 Å². The van der Waals surface area contributed by atoms with E-state index in [-0.39, 0.29) is 0 Å². The molecule has 0 aliphatic rings. The van der Waals surface area contributed by atoms with Gasteiger partial charge in [0.15, 0.2) is 0 Å². The van der Waals surface area contributed by atoms with Crippen LogP contribution in [0.15, 0.2) is 48.7 Å². The number of rotatable bonds is 2. The van der Waals surface area contributed by atoms with Crippen molar-refractivity contribution in [3.63, 3.8) is 0 Å². The summed E-state index contributed by atoms with van der Waals surface area (Å²) in [6.07, 6.45) is 1.73. The molecule has 0 saturated heterocycles. The predicted molar refractivity (Wildman–Crippen MR) is 56.2 cm³/mol. The molecule has 2 rings (SSSR count). The molecule has 1 aromatic carbocycles. The number of hydrogen-bond donors (Lipinski definition) is 0. The van der Waals surface area contributed by atoms with Crippen molar-refractivity contribution in [2.45, 2.75) is 0 Å². The van der Waals surface area contributed by atoms with Gasteiger partial charge in [0.2, 0.25) is 0 Å². The van der Waals surface area contributed by atoms with Crippen molar-refractivity contribution in [1.82, 2.24) is 4.98 Å². The van der Waals surface area contributed by atoms with E-state index in [4.69, 9.17) is 0 Å². The number of nitrogens with zero attached hydrogens (tertiary/aromatic N) is 1. The fraction of sp³-hybridized carbons (Fsp3) is 0. The molecule has 0 fully saturated rings. The van der Waals surface area contributed by atoms with E-state index in [1.807, 2.05) is 42.5 Å².